The Balaban J connectivity index is 1.41. The molecular weight excluding hydrogens is 740 g/mol. The van der Waals surface area contributed by atoms with Crippen LogP contribution in [0.15, 0.2) is 59.7 Å². The number of esters is 1. The van der Waals surface area contributed by atoms with Gasteiger partial charge in [-0.05, 0) is 36.2 Å². The molecule has 0 aliphatic heterocycles. The Kier molecular flexibility index (Phi) is 16.7. The van der Waals surface area contributed by atoms with Crippen LogP contribution in [0.1, 0.15) is 47.8 Å². The van der Waals surface area contributed by atoms with Crippen LogP contribution in [0.2, 0.25) is 0 Å². The molecule has 0 spiro atoms. The second-order valence-corrected chi connectivity index (χ2v) is 12.9. The number of rotatable bonds is 23. The van der Waals surface area contributed by atoms with Crippen molar-refractivity contribution in [3.05, 3.63) is 81.7 Å². The van der Waals surface area contributed by atoms with Crippen molar-refractivity contribution in [2.45, 2.75) is 39.2 Å². The number of nitrogens with zero attached hydrogens (tertiary/aromatic N) is 7. The van der Waals surface area contributed by atoms with Gasteiger partial charge >= 0.3 is 5.97 Å². The van der Waals surface area contributed by atoms with Crippen molar-refractivity contribution in [3.63, 3.8) is 0 Å². The lowest BCUT2D eigenvalue weighted by atomic mass is 9.93. The second-order valence-electron chi connectivity index (χ2n) is 12.9. The maximum absolute atomic E-state index is 13.3. The van der Waals surface area contributed by atoms with E-state index in [-0.39, 0.29) is 80.4 Å². The van der Waals surface area contributed by atoms with Crippen LogP contribution in [-0.4, -0.2) is 114 Å². The second kappa shape index (κ2) is 22.1. The molecule has 0 saturated heterocycles. The highest BCUT2D eigenvalue weighted by Gasteiger charge is 2.24. The van der Waals surface area contributed by atoms with E-state index in [4.69, 9.17) is 19.2 Å². The van der Waals surface area contributed by atoms with Gasteiger partial charge in [-0.2, -0.15) is 9.97 Å². The number of aliphatic imine (C=N–C) groups is 1. The highest BCUT2D eigenvalue weighted by Crippen LogP contribution is 2.24. The standard InChI is InChI=1S/C38H46N10O9/c1-25(49)56-20-17-40-36(52)28(9-14-33(51)39-16-19-55-4)21-32(50)27-7-10-29(11-8-27)41-22-30-23-42-35-34(44-30)37(46-38(45-35)43-24-47(2)3)57-18-15-26-5-12-31(13-6-26)48(53)54/h5-8,10-13,23-24,28,41H,9,14-22H2,1-4H3,(H,39,51)(H,40,52)/t28-/m1/s1. The summed E-state index contributed by atoms with van der Waals surface area (Å²) in [6.07, 6.45) is 3.60. The van der Waals surface area contributed by atoms with E-state index in [2.05, 4.69) is 35.9 Å². The molecule has 2 aromatic carbocycles. The number of methoxy groups -OCH3 is 1. The molecule has 4 rings (SSSR count). The molecule has 4 aromatic rings. The zero-order valence-corrected chi connectivity index (χ0v) is 32.2. The number of benzene rings is 2. The number of ether oxygens (including phenoxy) is 3. The fraction of sp³-hybridized carbons (Fsp3) is 0.395. The third-order valence-corrected chi connectivity index (χ3v) is 8.13. The molecule has 19 heteroatoms. The predicted molar refractivity (Wildman–Crippen MR) is 209 cm³/mol. The number of nitrogens with one attached hydrogen (secondary N) is 3. The first kappa shape index (κ1) is 43.1. The van der Waals surface area contributed by atoms with E-state index in [0.29, 0.717) is 42.0 Å². The molecular formula is C38H46N10O9. The molecule has 0 unspecified atom stereocenters. The van der Waals surface area contributed by atoms with Crippen molar-refractivity contribution in [1.82, 2.24) is 35.5 Å². The molecule has 302 valence electrons. The quantitative estimate of drug-likeness (QED) is 0.0186. The number of anilines is 1. The Labute approximate surface area is 328 Å². The molecule has 2 aromatic heterocycles. The number of hydrogen-bond acceptors (Lipinski definition) is 15. The highest BCUT2D eigenvalue weighted by molar-refractivity contribution is 5.99. The Hall–Kier alpha value is -6.63. The smallest absolute Gasteiger partial charge is 0.302 e. The minimum Gasteiger partial charge on any atom is -0.476 e. The first-order chi connectivity index (χ1) is 27.4. The average molecular weight is 787 g/mol. The predicted octanol–water partition coefficient (Wildman–Crippen LogP) is 3.19. The summed E-state index contributed by atoms with van der Waals surface area (Å²) in [6, 6.07) is 12.9. The van der Waals surface area contributed by atoms with Crippen LogP contribution in [0, 0.1) is 16.0 Å². The zero-order valence-electron chi connectivity index (χ0n) is 32.2. The Morgan fingerprint density at radius 3 is 2.39 bits per heavy atom. The van der Waals surface area contributed by atoms with Gasteiger partial charge in [0.15, 0.2) is 16.9 Å². The number of hydrogen-bond donors (Lipinski definition) is 3. The van der Waals surface area contributed by atoms with Crippen LogP contribution >= 0.6 is 0 Å². The first-order valence-corrected chi connectivity index (χ1v) is 18.1. The van der Waals surface area contributed by atoms with E-state index in [0.717, 1.165) is 5.56 Å². The van der Waals surface area contributed by atoms with Gasteiger partial charge in [0, 0.05) is 83.2 Å². The number of fused-ring (bicyclic) bond motifs is 1. The summed E-state index contributed by atoms with van der Waals surface area (Å²) in [6.45, 7) is 2.44. The van der Waals surface area contributed by atoms with E-state index in [1.54, 1.807) is 53.8 Å². The number of non-ortho nitro benzene ring substituents is 1. The summed E-state index contributed by atoms with van der Waals surface area (Å²) in [4.78, 5) is 84.3. The van der Waals surface area contributed by atoms with Gasteiger partial charge in [-0.3, -0.25) is 29.3 Å². The molecule has 2 heterocycles. The van der Waals surface area contributed by atoms with Gasteiger partial charge in [-0.15, -0.1) is 0 Å². The number of nitro benzene ring substituents is 1. The normalized spacial score (nSPS) is 11.5. The van der Waals surface area contributed by atoms with E-state index in [9.17, 15) is 29.3 Å². The lowest BCUT2D eigenvalue weighted by Gasteiger charge is -2.16. The summed E-state index contributed by atoms with van der Waals surface area (Å²) in [5, 5.41) is 19.6. The Morgan fingerprint density at radius 1 is 0.965 bits per heavy atom. The van der Waals surface area contributed by atoms with Gasteiger partial charge < -0.3 is 35.1 Å². The van der Waals surface area contributed by atoms with E-state index in [1.165, 1.54) is 26.2 Å². The lowest BCUT2D eigenvalue weighted by molar-refractivity contribution is -0.384. The van der Waals surface area contributed by atoms with Gasteiger partial charge in [0.2, 0.25) is 17.7 Å². The molecule has 0 aliphatic carbocycles. The lowest BCUT2D eigenvalue weighted by Crippen LogP contribution is -2.35. The third kappa shape index (κ3) is 14.5. The number of Topliss-reactive ketones (excluding diaryl/α,β-unsaturated/α-hetero) is 1. The largest absolute Gasteiger partial charge is 0.476 e. The number of amides is 2. The summed E-state index contributed by atoms with van der Waals surface area (Å²) >= 11 is 0. The minimum atomic E-state index is -0.789. The van der Waals surface area contributed by atoms with Gasteiger partial charge in [-0.25, -0.2) is 15.0 Å². The maximum atomic E-state index is 13.3. The van der Waals surface area contributed by atoms with Crippen LogP contribution < -0.4 is 20.7 Å². The van der Waals surface area contributed by atoms with Gasteiger partial charge in [-0.1, -0.05) is 12.1 Å². The van der Waals surface area contributed by atoms with Crippen molar-refractivity contribution in [1.29, 1.82) is 0 Å². The van der Waals surface area contributed by atoms with Gasteiger partial charge in [0.25, 0.3) is 11.6 Å². The SMILES string of the molecule is COCCNC(=O)CC[C@H](CC(=O)c1ccc(NCc2cnc3nc(N=CN(C)C)nc(OCCc4ccc([N+](=O)[O-])cc4)c3n2)cc1)C(=O)NCCOC(C)=O. The van der Waals surface area contributed by atoms with Crippen molar-refractivity contribution in [2.24, 2.45) is 10.9 Å². The third-order valence-electron chi connectivity index (χ3n) is 8.13. The van der Waals surface area contributed by atoms with E-state index >= 15 is 0 Å². The molecule has 0 radical (unpaired) electrons. The topological polar surface area (TPSA) is 242 Å². The highest BCUT2D eigenvalue weighted by atomic mass is 16.6. The average Bonchev–Trinajstić information content (AvgIpc) is 3.19. The monoisotopic (exact) mass is 786 g/mol. The summed E-state index contributed by atoms with van der Waals surface area (Å²) in [5.41, 5.74) is 3.05. The molecule has 2 amide bonds. The van der Waals surface area contributed by atoms with Crippen molar-refractivity contribution < 1.29 is 38.3 Å². The van der Waals surface area contributed by atoms with Crippen LogP contribution in [0.4, 0.5) is 17.3 Å². The minimum absolute atomic E-state index is 0.000360. The fourth-order valence-electron chi connectivity index (χ4n) is 5.20. The Bertz CT molecular complexity index is 2030. The van der Waals surface area contributed by atoms with Crippen LogP contribution in [-0.2, 0) is 36.8 Å². The molecule has 57 heavy (non-hydrogen) atoms. The molecule has 3 N–H and O–H groups in total. The molecule has 0 saturated carbocycles. The van der Waals surface area contributed by atoms with Crippen LogP contribution in [0.5, 0.6) is 5.88 Å². The molecule has 0 aliphatic rings. The van der Waals surface area contributed by atoms with E-state index in [1.807, 2.05) is 14.1 Å². The summed E-state index contributed by atoms with van der Waals surface area (Å²) < 4.78 is 15.8. The number of aromatic nitrogens is 4. The van der Waals surface area contributed by atoms with Crippen molar-refractivity contribution >= 4 is 58.4 Å². The summed E-state index contributed by atoms with van der Waals surface area (Å²) in [7, 11) is 5.14. The first-order valence-electron chi connectivity index (χ1n) is 18.1. The fourth-order valence-corrected chi connectivity index (χ4v) is 5.20. The van der Waals surface area contributed by atoms with Crippen LogP contribution in [0.3, 0.4) is 0 Å². The molecule has 0 bridgehead atoms. The number of carbonyl (C=O) groups excluding carboxylic acids is 4. The molecule has 19 nitrogen and oxygen atoms in total. The Morgan fingerprint density at radius 2 is 1.70 bits per heavy atom. The van der Waals surface area contributed by atoms with Gasteiger partial charge in [0.05, 0.1) is 49.5 Å². The summed E-state index contributed by atoms with van der Waals surface area (Å²) in [5.74, 6) is -1.93. The maximum Gasteiger partial charge on any atom is 0.302 e. The van der Waals surface area contributed by atoms with Crippen LogP contribution in [0.25, 0.3) is 11.2 Å². The van der Waals surface area contributed by atoms with E-state index < -0.39 is 22.7 Å². The number of nitro groups is 1. The van der Waals surface area contributed by atoms with Crippen molar-refractivity contribution in [3.8, 4) is 5.88 Å². The molecule has 0 fully saturated rings. The van der Waals surface area contributed by atoms with Gasteiger partial charge in [0.1, 0.15) is 6.61 Å². The number of carbonyl (C=O) groups is 4. The number of ketones is 1. The molecule has 1 atom stereocenters. The zero-order chi connectivity index (χ0) is 41.2. The van der Waals surface area contributed by atoms with Crippen molar-refractivity contribution in [2.75, 3.05) is 59.4 Å².